The van der Waals surface area contributed by atoms with Gasteiger partial charge in [-0.05, 0) is 67.0 Å². The highest BCUT2D eigenvalue weighted by Gasteiger charge is 2.38. The van der Waals surface area contributed by atoms with Crippen molar-refractivity contribution in [2.75, 3.05) is 13.2 Å². The zero-order valence-electron chi connectivity index (χ0n) is 23.5. The maximum absolute atomic E-state index is 13.5. The maximum Gasteiger partial charge on any atom is 0.337 e. The highest BCUT2D eigenvalue weighted by Crippen LogP contribution is 2.40. The zero-order valence-corrected chi connectivity index (χ0v) is 23.5. The van der Waals surface area contributed by atoms with Crippen LogP contribution in [0.25, 0.3) is 12.2 Å². The largest absolute Gasteiger partial charge is 0.508 e. The first-order chi connectivity index (χ1) is 20.6. The Kier molecular flexibility index (Phi) is 9.74. The Hall–Kier alpha value is -5.64. The lowest BCUT2D eigenvalue weighted by Gasteiger charge is -2.30. The monoisotopic (exact) mass is 582 g/mol. The van der Waals surface area contributed by atoms with E-state index in [1.165, 1.54) is 42.5 Å². The van der Waals surface area contributed by atoms with Gasteiger partial charge in [0.05, 0.1) is 22.0 Å². The van der Waals surface area contributed by atoms with Gasteiger partial charge in [0.1, 0.15) is 24.7 Å². The second-order valence-electron chi connectivity index (χ2n) is 9.67. The molecule has 0 atom stereocenters. The summed E-state index contributed by atoms with van der Waals surface area (Å²) in [6.07, 6.45) is 6.72. The Balaban J connectivity index is 1.58. The van der Waals surface area contributed by atoms with Gasteiger partial charge in [-0.3, -0.25) is 10.1 Å². The molecule has 0 aliphatic carbocycles. The van der Waals surface area contributed by atoms with Crippen LogP contribution in [0.4, 0.5) is 5.69 Å². The maximum atomic E-state index is 13.5. The third-order valence-electron chi connectivity index (χ3n) is 6.64. The van der Waals surface area contributed by atoms with E-state index in [0.29, 0.717) is 17.0 Å². The second kappa shape index (κ2) is 13.8. The normalized spacial score (nSPS) is 15.1. The van der Waals surface area contributed by atoms with Crippen LogP contribution in [0.15, 0.2) is 107 Å². The van der Waals surface area contributed by atoms with E-state index in [1.54, 1.807) is 68.5 Å². The predicted octanol–water partition coefficient (Wildman–Crippen LogP) is 5.75. The average Bonchev–Trinajstić information content (AvgIpc) is 2.98. The molecule has 0 radical (unpaired) electrons. The van der Waals surface area contributed by atoms with E-state index in [-0.39, 0.29) is 41.5 Å². The number of rotatable bonds is 10. The fourth-order valence-electron chi connectivity index (χ4n) is 4.63. The van der Waals surface area contributed by atoms with Crippen molar-refractivity contribution >= 4 is 29.8 Å². The van der Waals surface area contributed by atoms with Gasteiger partial charge in [0.2, 0.25) is 0 Å². The number of nitrogens with one attached hydrogen (secondary N) is 1. The molecule has 1 aliphatic rings. The standard InChI is InChI=1S/C33H30N2O8/c1-21-29(32(38)42-18-4-6-23-10-14-27(36)15-11-23)31(25-8-3-9-26(20-25)35(40)41)30(22(2)34-21)33(39)43-19-5-7-24-12-16-28(37)17-13-24/h3-17,20,31,34,36-37H,18-19H2,1-2H3. The number of nitro benzene ring substituents is 1. The Morgan fingerprint density at radius 1 is 0.814 bits per heavy atom. The lowest BCUT2D eigenvalue weighted by atomic mass is 9.80. The molecule has 0 spiro atoms. The van der Waals surface area contributed by atoms with E-state index in [9.17, 15) is 29.9 Å². The Bertz CT molecular complexity index is 1540. The molecule has 10 nitrogen and oxygen atoms in total. The molecular formula is C33H30N2O8. The van der Waals surface area contributed by atoms with Gasteiger partial charge in [0.25, 0.3) is 5.69 Å². The predicted molar refractivity (Wildman–Crippen MR) is 161 cm³/mol. The Morgan fingerprint density at radius 2 is 1.28 bits per heavy atom. The average molecular weight is 583 g/mol. The lowest BCUT2D eigenvalue weighted by molar-refractivity contribution is -0.384. The molecule has 4 rings (SSSR count). The van der Waals surface area contributed by atoms with Crippen LogP contribution < -0.4 is 5.32 Å². The van der Waals surface area contributed by atoms with E-state index in [4.69, 9.17) is 9.47 Å². The lowest BCUT2D eigenvalue weighted by Crippen LogP contribution is -2.32. The number of esters is 2. The smallest absolute Gasteiger partial charge is 0.337 e. The minimum absolute atomic E-state index is 0.0807. The summed E-state index contributed by atoms with van der Waals surface area (Å²) in [4.78, 5) is 37.9. The van der Waals surface area contributed by atoms with Crippen LogP contribution in [-0.2, 0) is 19.1 Å². The molecule has 1 heterocycles. The molecule has 0 amide bonds. The van der Waals surface area contributed by atoms with E-state index in [0.717, 1.165) is 11.1 Å². The van der Waals surface area contributed by atoms with Gasteiger partial charge in [-0.15, -0.1) is 0 Å². The van der Waals surface area contributed by atoms with Crippen LogP contribution in [0, 0.1) is 10.1 Å². The molecule has 3 aromatic rings. The summed E-state index contributed by atoms with van der Waals surface area (Å²) in [6.45, 7) is 3.17. The van der Waals surface area contributed by atoms with E-state index < -0.39 is 22.8 Å². The van der Waals surface area contributed by atoms with Gasteiger partial charge in [-0.2, -0.15) is 0 Å². The van der Waals surface area contributed by atoms with Gasteiger partial charge in [0.15, 0.2) is 0 Å². The number of ether oxygens (including phenoxy) is 2. The molecule has 220 valence electrons. The van der Waals surface area contributed by atoms with E-state index >= 15 is 0 Å². The molecule has 3 N–H and O–H groups in total. The number of allylic oxidation sites excluding steroid dienone is 2. The first-order valence-electron chi connectivity index (χ1n) is 13.3. The molecule has 0 unspecified atom stereocenters. The molecular weight excluding hydrogens is 552 g/mol. The summed E-state index contributed by atoms with van der Waals surface area (Å²) in [5.41, 5.74) is 2.86. The fraction of sp³-hybridized carbons (Fsp3) is 0.152. The number of dihydropyridines is 1. The highest BCUT2D eigenvalue weighted by molar-refractivity contribution is 6.00. The molecule has 0 bridgehead atoms. The summed E-state index contributed by atoms with van der Waals surface area (Å²) in [5, 5.41) is 33.5. The van der Waals surface area contributed by atoms with Crippen LogP contribution in [0.3, 0.4) is 0 Å². The minimum Gasteiger partial charge on any atom is -0.508 e. The number of nitro groups is 1. The summed E-state index contributed by atoms with van der Waals surface area (Å²) in [7, 11) is 0. The summed E-state index contributed by atoms with van der Waals surface area (Å²) in [6, 6.07) is 18.7. The topological polar surface area (TPSA) is 148 Å². The van der Waals surface area contributed by atoms with Crippen molar-refractivity contribution in [3.05, 3.63) is 134 Å². The van der Waals surface area contributed by atoms with Crippen molar-refractivity contribution < 1.29 is 34.2 Å². The van der Waals surface area contributed by atoms with E-state index in [1.807, 2.05) is 0 Å². The zero-order chi connectivity index (χ0) is 30.9. The third-order valence-corrected chi connectivity index (χ3v) is 6.64. The molecule has 43 heavy (non-hydrogen) atoms. The second-order valence-corrected chi connectivity index (χ2v) is 9.67. The molecule has 0 aromatic heterocycles. The number of phenols is 2. The van der Waals surface area contributed by atoms with Crippen molar-refractivity contribution in [2.24, 2.45) is 0 Å². The van der Waals surface area contributed by atoms with Crippen LogP contribution in [0.5, 0.6) is 11.5 Å². The third kappa shape index (κ3) is 7.76. The van der Waals surface area contributed by atoms with Crippen LogP contribution in [0.2, 0.25) is 0 Å². The first kappa shape index (κ1) is 30.3. The number of hydrogen-bond acceptors (Lipinski definition) is 9. The van der Waals surface area contributed by atoms with Gasteiger partial charge >= 0.3 is 11.9 Å². The summed E-state index contributed by atoms with van der Waals surface area (Å²) < 4.78 is 11.1. The quantitative estimate of drug-likeness (QED) is 0.154. The highest BCUT2D eigenvalue weighted by atomic mass is 16.6. The van der Waals surface area contributed by atoms with Gasteiger partial charge in [0, 0.05) is 23.5 Å². The number of non-ortho nitro benzene ring substituents is 1. The van der Waals surface area contributed by atoms with Crippen molar-refractivity contribution in [2.45, 2.75) is 19.8 Å². The number of carbonyl (C=O) groups is 2. The van der Waals surface area contributed by atoms with Crippen molar-refractivity contribution in [3.8, 4) is 11.5 Å². The Morgan fingerprint density at radius 3 is 1.72 bits per heavy atom. The first-order valence-corrected chi connectivity index (χ1v) is 13.3. The summed E-state index contributed by atoms with van der Waals surface area (Å²) in [5.74, 6) is -2.14. The molecule has 3 aromatic carbocycles. The minimum atomic E-state index is -0.997. The van der Waals surface area contributed by atoms with Crippen LogP contribution in [0.1, 0.15) is 36.5 Å². The SMILES string of the molecule is CC1=C(C(=O)OCC=Cc2ccc(O)cc2)C(c2cccc([N+](=O)[O-])c2)C(C(=O)OCC=Cc2ccc(O)cc2)=C(C)N1. The molecule has 0 saturated carbocycles. The molecule has 1 aliphatic heterocycles. The van der Waals surface area contributed by atoms with Crippen LogP contribution in [-0.4, -0.2) is 40.3 Å². The van der Waals surface area contributed by atoms with Crippen molar-refractivity contribution in [3.63, 3.8) is 0 Å². The number of aromatic hydroxyl groups is 2. The Labute approximate surface area is 248 Å². The number of benzene rings is 3. The molecule has 0 fully saturated rings. The van der Waals surface area contributed by atoms with Gasteiger partial charge in [-0.25, -0.2) is 9.59 Å². The fourth-order valence-corrected chi connectivity index (χ4v) is 4.63. The van der Waals surface area contributed by atoms with Crippen molar-refractivity contribution in [1.29, 1.82) is 0 Å². The number of hydrogen-bond donors (Lipinski definition) is 3. The number of phenolic OH excluding ortho intramolecular Hbond substituents is 2. The van der Waals surface area contributed by atoms with Gasteiger partial charge in [-0.1, -0.05) is 48.6 Å². The molecule has 10 heteroatoms. The summed E-state index contributed by atoms with van der Waals surface area (Å²) >= 11 is 0. The van der Waals surface area contributed by atoms with Crippen LogP contribution >= 0.6 is 0 Å². The van der Waals surface area contributed by atoms with E-state index in [2.05, 4.69) is 5.32 Å². The van der Waals surface area contributed by atoms with Gasteiger partial charge < -0.3 is 25.0 Å². The number of nitrogens with zero attached hydrogens (tertiary/aromatic N) is 1. The van der Waals surface area contributed by atoms with Crippen molar-refractivity contribution in [1.82, 2.24) is 5.32 Å². The number of carbonyl (C=O) groups excluding carboxylic acids is 2. The molecule has 0 saturated heterocycles.